The van der Waals surface area contributed by atoms with E-state index in [0.717, 1.165) is 44.7 Å². The van der Waals surface area contributed by atoms with E-state index in [0.29, 0.717) is 6.54 Å². The van der Waals surface area contributed by atoms with Crippen LogP contribution in [0.4, 0.5) is 0 Å². The van der Waals surface area contributed by atoms with Crippen LogP contribution in [0.2, 0.25) is 0 Å². The van der Waals surface area contributed by atoms with Crippen molar-refractivity contribution in [3.63, 3.8) is 0 Å². The minimum Gasteiger partial charge on any atom is -0.497 e. The second-order valence-electron chi connectivity index (χ2n) is 7.66. The van der Waals surface area contributed by atoms with Gasteiger partial charge in [-0.1, -0.05) is 42.1 Å². The van der Waals surface area contributed by atoms with Gasteiger partial charge in [0.05, 0.1) is 31.4 Å². The van der Waals surface area contributed by atoms with Crippen molar-refractivity contribution >= 4 is 17.7 Å². The minimum atomic E-state index is -0.0335. The number of rotatable bonds is 9. The van der Waals surface area contributed by atoms with Crippen LogP contribution < -0.4 is 14.8 Å². The van der Waals surface area contributed by atoms with E-state index in [2.05, 4.69) is 5.32 Å². The maximum atomic E-state index is 12.5. The predicted octanol–water partition coefficient (Wildman–Crippen LogP) is 5.18. The zero-order valence-corrected chi connectivity index (χ0v) is 20.3. The third-order valence-electron chi connectivity index (χ3n) is 5.45. The van der Waals surface area contributed by atoms with E-state index in [9.17, 15) is 4.79 Å². The number of methoxy groups -OCH3 is 2. The number of nitrogens with zero attached hydrogens (tertiary/aromatic N) is 2. The van der Waals surface area contributed by atoms with Crippen LogP contribution in [0.3, 0.4) is 0 Å². The predicted molar refractivity (Wildman–Crippen MR) is 136 cm³/mol. The zero-order valence-electron chi connectivity index (χ0n) is 19.4. The quantitative estimate of drug-likeness (QED) is 0.339. The summed E-state index contributed by atoms with van der Waals surface area (Å²) in [4.78, 5) is 17.4. The molecule has 0 spiro atoms. The Morgan fingerprint density at radius 2 is 1.47 bits per heavy atom. The normalized spacial score (nSPS) is 10.7. The van der Waals surface area contributed by atoms with Crippen molar-refractivity contribution < 1.29 is 14.3 Å². The van der Waals surface area contributed by atoms with Crippen molar-refractivity contribution in [3.8, 4) is 34.0 Å². The van der Waals surface area contributed by atoms with Gasteiger partial charge < -0.3 is 19.4 Å². The van der Waals surface area contributed by atoms with Crippen molar-refractivity contribution in [2.24, 2.45) is 7.05 Å². The molecule has 7 heteroatoms. The third kappa shape index (κ3) is 5.43. The lowest BCUT2D eigenvalue weighted by Gasteiger charge is -2.09. The van der Waals surface area contributed by atoms with Crippen LogP contribution in [0.1, 0.15) is 5.56 Å². The molecular weight excluding hydrogens is 446 g/mol. The Labute approximate surface area is 203 Å². The molecule has 0 aliphatic rings. The fourth-order valence-electron chi connectivity index (χ4n) is 3.61. The second-order valence-corrected chi connectivity index (χ2v) is 8.60. The number of benzene rings is 3. The molecule has 0 fully saturated rings. The number of hydrogen-bond acceptors (Lipinski definition) is 5. The third-order valence-corrected chi connectivity index (χ3v) is 6.48. The highest BCUT2D eigenvalue weighted by Crippen LogP contribution is 2.36. The van der Waals surface area contributed by atoms with Crippen molar-refractivity contribution in [2.75, 3.05) is 20.0 Å². The van der Waals surface area contributed by atoms with Crippen LogP contribution in [0.25, 0.3) is 22.5 Å². The Hall–Kier alpha value is -3.71. The standard InChI is InChI=1S/C27H27N3O3S/c1-30-26(21-11-15-23(33-3)16-12-21)25(20-9-13-22(32-2)14-10-20)29-27(30)34-18-24(31)28-17-19-7-5-4-6-8-19/h4-16H,17-18H2,1-3H3,(H,28,31). The fraction of sp³-hybridized carbons (Fsp3) is 0.185. The summed E-state index contributed by atoms with van der Waals surface area (Å²) < 4.78 is 12.7. The van der Waals surface area contributed by atoms with Gasteiger partial charge in [-0.15, -0.1) is 0 Å². The molecule has 1 heterocycles. The lowest BCUT2D eigenvalue weighted by molar-refractivity contribution is -0.118. The van der Waals surface area contributed by atoms with Crippen molar-refractivity contribution in [2.45, 2.75) is 11.7 Å². The molecule has 0 saturated heterocycles. The first-order valence-corrected chi connectivity index (χ1v) is 11.9. The molecule has 0 radical (unpaired) electrons. The Bertz CT molecular complexity index is 1240. The van der Waals surface area contributed by atoms with Gasteiger partial charge in [-0.05, 0) is 54.1 Å². The van der Waals surface area contributed by atoms with E-state index in [1.807, 2.05) is 90.5 Å². The van der Waals surface area contributed by atoms with Crippen molar-refractivity contribution in [1.82, 2.24) is 14.9 Å². The lowest BCUT2D eigenvalue weighted by Crippen LogP contribution is -2.24. The molecule has 1 N–H and O–H groups in total. The average molecular weight is 474 g/mol. The SMILES string of the molecule is COc1ccc(-c2nc(SCC(=O)NCc3ccccc3)n(C)c2-c2ccc(OC)cc2)cc1. The summed E-state index contributed by atoms with van der Waals surface area (Å²) in [5, 5.41) is 3.74. The van der Waals surface area contributed by atoms with E-state index >= 15 is 0 Å². The zero-order chi connectivity index (χ0) is 23.9. The first kappa shape index (κ1) is 23.4. The van der Waals surface area contributed by atoms with Gasteiger partial charge >= 0.3 is 0 Å². The Kier molecular flexibility index (Phi) is 7.54. The Morgan fingerprint density at radius 1 is 0.882 bits per heavy atom. The average Bonchev–Trinajstić information content (AvgIpc) is 3.22. The number of aromatic nitrogens is 2. The minimum absolute atomic E-state index is 0.0335. The van der Waals surface area contributed by atoms with Crippen LogP contribution in [0, 0.1) is 0 Å². The lowest BCUT2D eigenvalue weighted by atomic mass is 10.0. The van der Waals surface area contributed by atoms with Gasteiger partial charge in [0.25, 0.3) is 0 Å². The molecule has 0 aliphatic heterocycles. The number of amides is 1. The van der Waals surface area contributed by atoms with E-state index in [1.165, 1.54) is 11.8 Å². The number of thioether (sulfide) groups is 1. The molecule has 0 unspecified atom stereocenters. The maximum Gasteiger partial charge on any atom is 0.230 e. The molecule has 0 atom stereocenters. The summed E-state index contributed by atoms with van der Waals surface area (Å²) in [6, 6.07) is 25.6. The molecule has 4 rings (SSSR count). The van der Waals surface area contributed by atoms with Crippen LogP contribution >= 0.6 is 11.8 Å². The number of hydrogen-bond donors (Lipinski definition) is 1. The Morgan fingerprint density at radius 3 is 2.06 bits per heavy atom. The number of imidazole rings is 1. The molecule has 0 aliphatic carbocycles. The Balaban J connectivity index is 1.58. The van der Waals surface area contributed by atoms with Crippen molar-refractivity contribution in [3.05, 3.63) is 84.4 Å². The summed E-state index contributed by atoms with van der Waals surface area (Å²) in [5.41, 5.74) is 4.88. The van der Waals surface area contributed by atoms with Crippen LogP contribution in [-0.4, -0.2) is 35.4 Å². The van der Waals surface area contributed by atoms with Gasteiger partial charge in [0.15, 0.2) is 5.16 Å². The van der Waals surface area contributed by atoms with E-state index < -0.39 is 0 Å². The van der Waals surface area contributed by atoms with Crippen LogP contribution in [0.5, 0.6) is 11.5 Å². The van der Waals surface area contributed by atoms with E-state index in [1.54, 1.807) is 14.2 Å². The van der Waals surface area contributed by atoms with Gasteiger partial charge in [-0.25, -0.2) is 4.98 Å². The topological polar surface area (TPSA) is 65.4 Å². The summed E-state index contributed by atoms with van der Waals surface area (Å²) >= 11 is 1.42. The molecule has 174 valence electrons. The maximum absolute atomic E-state index is 12.5. The van der Waals surface area contributed by atoms with Gasteiger partial charge in [0, 0.05) is 24.7 Å². The largest absolute Gasteiger partial charge is 0.497 e. The van der Waals surface area contributed by atoms with Gasteiger partial charge in [-0.2, -0.15) is 0 Å². The van der Waals surface area contributed by atoms with Crippen LogP contribution in [0.15, 0.2) is 84.0 Å². The number of ether oxygens (including phenoxy) is 2. The molecule has 3 aromatic carbocycles. The van der Waals surface area contributed by atoms with E-state index in [-0.39, 0.29) is 11.7 Å². The molecule has 1 amide bonds. The number of nitrogens with one attached hydrogen (secondary N) is 1. The molecule has 0 bridgehead atoms. The van der Waals surface area contributed by atoms with E-state index in [4.69, 9.17) is 14.5 Å². The first-order chi connectivity index (χ1) is 16.6. The molecule has 34 heavy (non-hydrogen) atoms. The van der Waals surface area contributed by atoms with Gasteiger partial charge in [0.1, 0.15) is 11.5 Å². The number of carbonyl (C=O) groups excluding carboxylic acids is 1. The second kappa shape index (κ2) is 10.9. The smallest absolute Gasteiger partial charge is 0.230 e. The summed E-state index contributed by atoms with van der Waals surface area (Å²) in [6.45, 7) is 0.509. The molecule has 1 aromatic heterocycles. The first-order valence-electron chi connectivity index (χ1n) is 10.9. The van der Waals surface area contributed by atoms with Gasteiger partial charge in [-0.3, -0.25) is 4.79 Å². The highest BCUT2D eigenvalue weighted by molar-refractivity contribution is 7.99. The molecule has 0 saturated carbocycles. The number of carbonyl (C=O) groups is 1. The highest BCUT2D eigenvalue weighted by atomic mass is 32.2. The summed E-state index contributed by atoms with van der Waals surface area (Å²) in [7, 11) is 5.28. The summed E-state index contributed by atoms with van der Waals surface area (Å²) in [6.07, 6.45) is 0. The fourth-order valence-corrected chi connectivity index (χ4v) is 4.42. The van der Waals surface area contributed by atoms with Gasteiger partial charge in [0.2, 0.25) is 5.91 Å². The monoisotopic (exact) mass is 473 g/mol. The molecule has 6 nitrogen and oxygen atoms in total. The van der Waals surface area contributed by atoms with Crippen LogP contribution in [-0.2, 0) is 18.4 Å². The highest BCUT2D eigenvalue weighted by Gasteiger charge is 2.19. The summed E-state index contributed by atoms with van der Waals surface area (Å²) in [5.74, 6) is 1.83. The molecule has 4 aromatic rings. The molecular formula is C27H27N3O3S. The van der Waals surface area contributed by atoms with Crippen molar-refractivity contribution in [1.29, 1.82) is 0 Å².